The summed E-state index contributed by atoms with van der Waals surface area (Å²) >= 11 is 6.08. The molecule has 0 saturated carbocycles. The molecule has 218 valence electrons. The van der Waals surface area contributed by atoms with Crippen LogP contribution in [0.15, 0.2) is 60.8 Å². The van der Waals surface area contributed by atoms with Crippen molar-refractivity contribution in [1.29, 1.82) is 0 Å². The van der Waals surface area contributed by atoms with Crippen LogP contribution >= 0.6 is 24.0 Å². The number of aryl methyl sites for hydroxylation is 1. The Hall–Kier alpha value is -3.70. The van der Waals surface area contributed by atoms with Crippen LogP contribution in [-0.2, 0) is 6.54 Å². The number of anilines is 2. The van der Waals surface area contributed by atoms with Gasteiger partial charge in [-0.25, -0.2) is 9.37 Å². The summed E-state index contributed by atoms with van der Waals surface area (Å²) in [6.45, 7) is 5.44. The van der Waals surface area contributed by atoms with Gasteiger partial charge in [-0.05, 0) is 67.9 Å². The molecule has 41 heavy (non-hydrogen) atoms. The van der Waals surface area contributed by atoms with Gasteiger partial charge in [0.25, 0.3) is 5.91 Å². The van der Waals surface area contributed by atoms with Gasteiger partial charge in [-0.2, -0.15) is 0 Å². The van der Waals surface area contributed by atoms with Crippen LogP contribution in [0.3, 0.4) is 0 Å². The van der Waals surface area contributed by atoms with Crippen molar-refractivity contribution in [3.63, 3.8) is 0 Å². The lowest BCUT2D eigenvalue weighted by molar-refractivity contribution is -0.274. The SMILES string of the molecule is Cc1nc2ccc(Cl)cn2c1C(=O)NCc1ccc(N2CCN(c3ccc(OC(F)(F)F)cc3)[C@H](C)C2)c(F)c1.Cl. The first-order valence-electron chi connectivity index (χ1n) is 12.6. The van der Waals surface area contributed by atoms with E-state index in [0.29, 0.717) is 52.9 Å². The maximum Gasteiger partial charge on any atom is 0.573 e. The Labute approximate surface area is 245 Å². The minimum absolute atomic E-state index is 0. The highest BCUT2D eigenvalue weighted by Crippen LogP contribution is 2.29. The van der Waals surface area contributed by atoms with E-state index in [0.717, 1.165) is 5.69 Å². The summed E-state index contributed by atoms with van der Waals surface area (Å²) < 4.78 is 58.1. The molecule has 1 aliphatic heterocycles. The zero-order chi connectivity index (χ0) is 28.6. The Morgan fingerprint density at radius 3 is 2.51 bits per heavy atom. The molecule has 0 bridgehead atoms. The number of aromatic nitrogens is 2. The van der Waals surface area contributed by atoms with Gasteiger partial charge in [-0.1, -0.05) is 17.7 Å². The van der Waals surface area contributed by atoms with Crippen molar-refractivity contribution in [3.8, 4) is 5.75 Å². The molecule has 13 heteroatoms. The summed E-state index contributed by atoms with van der Waals surface area (Å²) in [5.41, 5.74) is 3.33. The fourth-order valence-corrected chi connectivity index (χ4v) is 5.15. The number of hydrogen-bond donors (Lipinski definition) is 1. The Morgan fingerprint density at radius 2 is 1.85 bits per heavy atom. The third-order valence-electron chi connectivity index (χ3n) is 6.81. The van der Waals surface area contributed by atoms with Gasteiger partial charge in [0.1, 0.15) is 22.9 Å². The first-order valence-corrected chi connectivity index (χ1v) is 12.9. The Bertz CT molecular complexity index is 1550. The molecule has 1 amide bonds. The van der Waals surface area contributed by atoms with Gasteiger partial charge in [0.05, 0.1) is 16.4 Å². The average Bonchev–Trinajstić information content (AvgIpc) is 3.22. The molecule has 4 aromatic rings. The molecule has 3 heterocycles. The standard InChI is InChI=1S/C28H26ClF4N5O2.ClH/c1-17-15-36(11-12-37(17)21-5-7-22(8-6-21)40-28(31,32)33)24-9-3-19(13-23(24)30)14-34-27(39)26-18(2)35-25-10-4-20(29)16-38(25)26;/h3-10,13,16-17H,11-12,14-15H2,1-2H3,(H,34,39);1H/t17-;/m1./s1. The minimum Gasteiger partial charge on any atom is -0.406 e. The molecular formula is C28H27Cl2F4N5O2. The predicted molar refractivity (Wildman–Crippen MR) is 152 cm³/mol. The molecule has 1 N–H and O–H groups in total. The quantitative estimate of drug-likeness (QED) is 0.256. The molecule has 7 nitrogen and oxygen atoms in total. The number of amides is 1. The van der Waals surface area contributed by atoms with Crippen LogP contribution in [0.1, 0.15) is 28.7 Å². The van der Waals surface area contributed by atoms with Gasteiger partial charge in [-0.15, -0.1) is 25.6 Å². The fraction of sp³-hybridized carbons (Fsp3) is 0.286. The maximum absolute atomic E-state index is 15.2. The molecule has 2 aromatic carbocycles. The van der Waals surface area contributed by atoms with E-state index in [1.54, 1.807) is 53.9 Å². The number of halogens is 6. The summed E-state index contributed by atoms with van der Waals surface area (Å²) in [5.74, 6) is -1.03. The van der Waals surface area contributed by atoms with Crippen LogP contribution in [-0.4, -0.2) is 47.3 Å². The third-order valence-corrected chi connectivity index (χ3v) is 7.03. The van der Waals surface area contributed by atoms with Crippen molar-refractivity contribution in [3.05, 3.63) is 88.6 Å². The molecule has 0 aliphatic carbocycles. The maximum atomic E-state index is 15.2. The molecule has 5 rings (SSSR count). The average molecular weight is 612 g/mol. The summed E-state index contributed by atoms with van der Waals surface area (Å²) in [6.07, 6.45) is -3.12. The van der Waals surface area contributed by atoms with Crippen LogP contribution in [0.5, 0.6) is 5.75 Å². The minimum atomic E-state index is -4.74. The van der Waals surface area contributed by atoms with Crippen molar-refractivity contribution in [2.45, 2.75) is 32.8 Å². The number of benzene rings is 2. The second kappa shape index (κ2) is 12.0. The number of pyridine rings is 1. The van der Waals surface area contributed by atoms with E-state index < -0.39 is 12.2 Å². The lowest BCUT2D eigenvalue weighted by Gasteiger charge is -2.42. The lowest BCUT2D eigenvalue weighted by atomic mass is 10.1. The number of nitrogens with zero attached hydrogens (tertiary/aromatic N) is 4. The normalized spacial score (nSPS) is 15.5. The fourth-order valence-electron chi connectivity index (χ4n) is 4.99. The van der Waals surface area contributed by atoms with Gasteiger partial charge in [0.2, 0.25) is 0 Å². The van der Waals surface area contributed by atoms with Crippen molar-refractivity contribution in [2.75, 3.05) is 29.4 Å². The van der Waals surface area contributed by atoms with Crippen LogP contribution < -0.4 is 19.9 Å². The number of alkyl halides is 3. The number of fused-ring (bicyclic) bond motifs is 1. The van der Waals surface area contributed by atoms with Crippen LogP contribution in [0, 0.1) is 12.7 Å². The zero-order valence-electron chi connectivity index (χ0n) is 22.1. The highest BCUT2D eigenvalue weighted by atomic mass is 35.5. The number of rotatable bonds is 6. The van der Waals surface area contributed by atoms with Crippen LogP contribution in [0.25, 0.3) is 5.65 Å². The van der Waals surface area contributed by atoms with Crippen molar-refractivity contribution >= 4 is 46.9 Å². The van der Waals surface area contributed by atoms with E-state index in [-0.39, 0.29) is 36.7 Å². The molecule has 2 aromatic heterocycles. The summed E-state index contributed by atoms with van der Waals surface area (Å²) in [4.78, 5) is 21.3. The number of carbonyl (C=O) groups excluding carboxylic acids is 1. The van der Waals surface area contributed by atoms with Crippen LogP contribution in [0.2, 0.25) is 5.02 Å². The van der Waals surface area contributed by atoms with Gasteiger partial charge in [0, 0.05) is 44.1 Å². The molecular weight excluding hydrogens is 585 g/mol. The zero-order valence-corrected chi connectivity index (χ0v) is 23.7. The predicted octanol–water partition coefficient (Wildman–Crippen LogP) is 6.40. The van der Waals surface area contributed by atoms with Gasteiger partial charge >= 0.3 is 6.36 Å². The number of hydrogen-bond acceptors (Lipinski definition) is 5. The summed E-state index contributed by atoms with van der Waals surface area (Å²) in [5, 5.41) is 3.30. The number of piperazine rings is 1. The number of ether oxygens (including phenoxy) is 1. The Balaban J connectivity index is 0.00000387. The van der Waals surface area contributed by atoms with Crippen molar-refractivity contribution < 1.29 is 27.1 Å². The van der Waals surface area contributed by atoms with Crippen molar-refractivity contribution in [2.24, 2.45) is 0 Å². The first-order chi connectivity index (χ1) is 19.0. The van der Waals surface area contributed by atoms with E-state index in [1.165, 1.54) is 18.2 Å². The van der Waals surface area contributed by atoms with Gasteiger partial charge in [-0.3, -0.25) is 9.20 Å². The largest absolute Gasteiger partial charge is 0.573 e. The monoisotopic (exact) mass is 611 g/mol. The van der Waals surface area contributed by atoms with E-state index in [1.807, 2.05) is 11.8 Å². The molecule has 0 radical (unpaired) electrons. The van der Waals surface area contributed by atoms with E-state index in [2.05, 4.69) is 19.9 Å². The second-order valence-electron chi connectivity index (χ2n) is 9.62. The number of nitrogens with one attached hydrogen (secondary N) is 1. The smallest absolute Gasteiger partial charge is 0.406 e. The number of carbonyl (C=O) groups is 1. The number of imidazole rings is 1. The van der Waals surface area contributed by atoms with Gasteiger partial charge in [0.15, 0.2) is 0 Å². The summed E-state index contributed by atoms with van der Waals surface area (Å²) in [6, 6.07) is 14.0. The highest BCUT2D eigenvalue weighted by Gasteiger charge is 2.31. The second-order valence-corrected chi connectivity index (χ2v) is 10.1. The third kappa shape index (κ3) is 6.79. The Kier molecular flexibility index (Phi) is 8.89. The van der Waals surface area contributed by atoms with Crippen molar-refractivity contribution in [1.82, 2.24) is 14.7 Å². The van der Waals surface area contributed by atoms with Crippen LogP contribution in [0.4, 0.5) is 28.9 Å². The first kappa shape index (κ1) is 30.3. The molecule has 1 saturated heterocycles. The highest BCUT2D eigenvalue weighted by molar-refractivity contribution is 6.30. The topological polar surface area (TPSA) is 62.1 Å². The van der Waals surface area contributed by atoms with E-state index >= 15 is 4.39 Å². The molecule has 1 fully saturated rings. The molecule has 0 unspecified atom stereocenters. The molecule has 1 aliphatic rings. The Morgan fingerprint density at radius 1 is 1.12 bits per heavy atom. The van der Waals surface area contributed by atoms with E-state index in [4.69, 9.17) is 11.6 Å². The molecule has 1 atom stereocenters. The van der Waals surface area contributed by atoms with Gasteiger partial charge < -0.3 is 19.9 Å². The molecule has 0 spiro atoms. The summed E-state index contributed by atoms with van der Waals surface area (Å²) in [7, 11) is 0. The lowest BCUT2D eigenvalue weighted by Crippen LogP contribution is -2.52. The van der Waals surface area contributed by atoms with E-state index in [9.17, 15) is 18.0 Å².